The maximum atomic E-state index is 12.6. The van der Waals surface area contributed by atoms with Gasteiger partial charge in [-0.25, -0.2) is 0 Å². The van der Waals surface area contributed by atoms with E-state index in [9.17, 15) is 14.7 Å². The van der Waals surface area contributed by atoms with Crippen molar-refractivity contribution in [3.8, 4) is 11.5 Å². The zero-order valence-electron chi connectivity index (χ0n) is 16.3. The second-order valence-corrected chi connectivity index (χ2v) is 6.50. The van der Waals surface area contributed by atoms with Crippen LogP contribution in [0.25, 0.3) is 0 Å². The number of nitrogens with zero attached hydrogens (tertiary/aromatic N) is 1. The van der Waals surface area contributed by atoms with Crippen LogP contribution in [-0.4, -0.2) is 48.9 Å². The molecule has 0 fully saturated rings. The van der Waals surface area contributed by atoms with E-state index in [4.69, 9.17) is 4.74 Å². The van der Waals surface area contributed by atoms with Gasteiger partial charge in [-0.05, 0) is 43.8 Å². The van der Waals surface area contributed by atoms with E-state index in [2.05, 4.69) is 16.8 Å². The lowest BCUT2D eigenvalue weighted by Crippen LogP contribution is -2.26. The Kier molecular flexibility index (Phi) is 7.77. The van der Waals surface area contributed by atoms with E-state index in [-0.39, 0.29) is 23.0 Å². The van der Waals surface area contributed by atoms with Crippen molar-refractivity contribution in [2.24, 2.45) is 0 Å². The molecule has 0 heterocycles. The quantitative estimate of drug-likeness (QED) is 0.375. The molecule has 28 heavy (non-hydrogen) atoms. The Labute approximate surface area is 165 Å². The number of phenolic OH excluding ortho intramolecular Hbond substituents is 1. The van der Waals surface area contributed by atoms with E-state index >= 15 is 0 Å². The lowest BCUT2D eigenvalue weighted by Gasteiger charge is -2.17. The molecular weight excluding hydrogens is 356 g/mol. The number of hydrogen-bond donors (Lipinski definition) is 2. The minimum atomic E-state index is -0.238. The maximum absolute atomic E-state index is 12.6. The molecule has 2 aromatic rings. The first kappa shape index (κ1) is 21.2. The molecule has 0 atom stereocenters. The van der Waals surface area contributed by atoms with Gasteiger partial charge in [0.1, 0.15) is 11.5 Å². The van der Waals surface area contributed by atoms with Gasteiger partial charge in [-0.2, -0.15) is 0 Å². The van der Waals surface area contributed by atoms with Gasteiger partial charge in [-0.1, -0.05) is 30.8 Å². The first-order valence-electron chi connectivity index (χ1n) is 9.04. The minimum Gasteiger partial charge on any atom is -0.507 e. The fourth-order valence-corrected chi connectivity index (χ4v) is 2.77. The first-order chi connectivity index (χ1) is 13.4. The minimum absolute atomic E-state index is 0.100. The number of carbonyl (C=O) groups excluding carboxylic acids is 2. The van der Waals surface area contributed by atoms with Gasteiger partial charge >= 0.3 is 0 Å². The molecular formula is C22H26N2O4. The van der Waals surface area contributed by atoms with Gasteiger partial charge in [0.05, 0.1) is 12.7 Å². The highest BCUT2D eigenvalue weighted by Gasteiger charge is 2.14. The normalized spacial score (nSPS) is 10.5. The average Bonchev–Trinajstić information content (AvgIpc) is 2.71. The van der Waals surface area contributed by atoms with Gasteiger partial charge in [-0.3, -0.25) is 9.59 Å². The molecule has 0 aliphatic carbocycles. The van der Waals surface area contributed by atoms with Crippen molar-refractivity contribution < 1.29 is 19.4 Å². The molecule has 2 aromatic carbocycles. The van der Waals surface area contributed by atoms with Gasteiger partial charge in [0.2, 0.25) is 5.91 Å². The molecule has 148 valence electrons. The van der Waals surface area contributed by atoms with Crippen LogP contribution in [-0.2, 0) is 11.3 Å². The molecule has 0 bridgehead atoms. The van der Waals surface area contributed by atoms with Crippen molar-refractivity contribution in [2.45, 2.75) is 13.0 Å². The van der Waals surface area contributed by atoms with E-state index in [0.717, 1.165) is 25.1 Å². The standard InChI is InChI=1S/C22H26N2O4/c1-4-21(26)23-12-5-13-24(2)15-16-6-8-17(9-7-16)22(27)19-11-10-18(28-3)14-20(19)25/h4,6-11,14,25H,1,5,12-13,15H2,2-3H3,(H,23,26). The number of rotatable bonds is 10. The summed E-state index contributed by atoms with van der Waals surface area (Å²) in [4.78, 5) is 25.8. The Balaban J connectivity index is 1.91. The lowest BCUT2D eigenvalue weighted by molar-refractivity contribution is -0.116. The number of ether oxygens (including phenoxy) is 1. The molecule has 0 saturated carbocycles. The predicted molar refractivity (Wildman–Crippen MR) is 109 cm³/mol. The number of nitrogens with one attached hydrogen (secondary N) is 1. The number of aromatic hydroxyl groups is 1. The summed E-state index contributed by atoms with van der Waals surface area (Å²) in [7, 11) is 3.51. The molecule has 0 radical (unpaired) electrons. The van der Waals surface area contributed by atoms with Crippen LogP contribution in [0.3, 0.4) is 0 Å². The third kappa shape index (κ3) is 5.96. The number of carbonyl (C=O) groups is 2. The van der Waals surface area contributed by atoms with Crippen molar-refractivity contribution in [1.29, 1.82) is 0 Å². The van der Waals surface area contributed by atoms with Crippen LogP contribution >= 0.6 is 0 Å². The highest BCUT2D eigenvalue weighted by atomic mass is 16.5. The summed E-state index contributed by atoms with van der Waals surface area (Å²) in [6, 6.07) is 12.0. The topological polar surface area (TPSA) is 78.9 Å². The molecule has 2 N–H and O–H groups in total. The first-order valence-corrected chi connectivity index (χ1v) is 9.04. The van der Waals surface area contributed by atoms with Crippen molar-refractivity contribution in [1.82, 2.24) is 10.2 Å². The Morgan fingerprint density at radius 2 is 1.93 bits per heavy atom. The molecule has 0 aliphatic heterocycles. The fourth-order valence-electron chi connectivity index (χ4n) is 2.77. The summed E-state index contributed by atoms with van der Waals surface area (Å²) in [5.41, 5.74) is 1.83. The van der Waals surface area contributed by atoms with E-state index in [1.54, 1.807) is 24.3 Å². The van der Waals surface area contributed by atoms with Crippen molar-refractivity contribution >= 4 is 11.7 Å². The number of amides is 1. The van der Waals surface area contributed by atoms with E-state index in [0.29, 0.717) is 17.9 Å². The average molecular weight is 382 g/mol. The summed E-state index contributed by atoms with van der Waals surface area (Å²) in [6.45, 7) is 5.59. The molecule has 0 aromatic heterocycles. The maximum Gasteiger partial charge on any atom is 0.243 e. The smallest absolute Gasteiger partial charge is 0.243 e. The van der Waals surface area contributed by atoms with Gasteiger partial charge in [0, 0.05) is 24.7 Å². The Morgan fingerprint density at radius 3 is 2.54 bits per heavy atom. The van der Waals surface area contributed by atoms with Gasteiger partial charge in [0.15, 0.2) is 5.78 Å². The summed E-state index contributed by atoms with van der Waals surface area (Å²) < 4.78 is 5.04. The molecule has 6 heteroatoms. The zero-order valence-corrected chi connectivity index (χ0v) is 16.3. The van der Waals surface area contributed by atoms with Crippen molar-refractivity contribution in [2.75, 3.05) is 27.2 Å². The number of hydrogen-bond acceptors (Lipinski definition) is 5. The number of phenols is 1. The van der Waals surface area contributed by atoms with Gasteiger partial charge in [-0.15, -0.1) is 0 Å². The van der Waals surface area contributed by atoms with Crippen molar-refractivity contribution in [3.63, 3.8) is 0 Å². The van der Waals surface area contributed by atoms with Crippen LogP contribution < -0.4 is 10.1 Å². The SMILES string of the molecule is C=CC(=O)NCCCN(C)Cc1ccc(C(=O)c2ccc(OC)cc2O)cc1. The molecule has 0 saturated heterocycles. The molecule has 6 nitrogen and oxygen atoms in total. The van der Waals surface area contributed by atoms with Crippen LogP contribution in [0.4, 0.5) is 0 Å². The fraction of sp³-hybridized carbons (Fsp3) is 0.273. The second kappa shape index (κ2) is 10.3. The highest BCUT2D eigenvalue weighted by molar-refractivity contribution is 6.10. The van der Waals surface area contributed by atoms with Crippen LogP contribution in [0, 0.1) is 0 Å². The molecule has 0 aliphatic rings. The molecule has 2 rings (SSSR count). The van der Waals surface area contributed by atoms with E-state index in [1.807, 2.05) is 19.2 Å². The summed E-state index contributed by atoms with van der Waals surface area (Å²) in [6.07, 6.45) is 2.10. The second-order valence-electron chi connectivity index (χ2n) is 6.50. The van der Waals surface area contributed by atoms with Crippen LogP contribution in [0.2, 0.25) is 0 Å². The van der Waals surface area contributed by atoms with Gasteiger partial charge in [0.25, 0.3) is 0 Å². The molecule has 0 spiro atoms. The van der Waals surface area contributed by atoms with Crippen LogP contribution in [0.5, 0.6) is 11.5 Å². The number of ketones is 1. The zero-order chi connectivity index (χ0) is 20.5. The number of benzene rings is 2. The van der Waals surface area contributed by atoms with E-state index < -0.39 is 0 Å². The molecule has 1 amide bonds. The summed E-state index contributed by atoms with van der Waals surface area (Å²) in [5.74, 6) is -0.00276. The number of methoxy groups -OCH3 is 1. The summed E-state index contributed by atoms with van der Waals surface area (Å²) in [5, 5.41) is 12.8. The third-order valence-electron chi connectivity index (χ3n) is 4.32. The Morgan fingerprint density at radius 1 is 1.21 bits per heavy atom. The lowest BCUT2D eigenvalue weighted by atomic mass is 10.0. The predicted octanol–water partition coefficient (Wildman–Crippen LogP) is 2.76. The Bertz CT molecular complexity index is 831. The van der Waals surface area contributed by atoms with Crippen LogP contribution in [0.15, 0.2) is 55.1 Å². The summed E-state index contributed by atoms with van der Waals surface area (Å²) >= 11 is 0. The van der Waals surface area contributed by atoms with E-state index in [1.165, 1.54) is 19.3 Å². The Hall–Kier alpha value is -3.12. The monoisotopic (exact) mass is 382 g/mol. The highest BCUT2D eigenvalue weighted by Crippen LogP contribution is 2.25. The third-order valence-corrected chi connectivity index (χ3v) is 4.32. The van der Waals surface area contributed by atoms with Gasteiger partial charge < -0.3 is 20.1 Å². The van der Waals surface area contributed by atoms with Crippen molar-refractivity contribution in [3.05, 3.63) is 71.8 Å². The van der Waals surface area contributed by atoms with Crippen LogP contribution in [0.1, 0.15) is 27.9 Å². The largest absolute Gasteiger partial charge is 0.507 e. The molecule has 0 unspecified atom stereocenters.